The van der Waals surface area contributed by atoms with Crippen molar-refractivity contribution in [3.8, 4) is 0 Å². The fourth-order valence-electron chi connectivity index (χ4n) is 1.93. The van der Waals surface area contributed by atoms with Gasteiger partial charge in [-0.2, -0.15) is 0 Å². The lowest BCUT2D eigenvalue weighted by Gasteiger charge is -2.12. The lowest BCUT2D eigenvalue weighted by Crippen LogP contribution is -2.26. The molecule has 2 rings (SSSR count). The second-order valence-electron chi connectivity index (χ2n) is 4.69. The minimum absolute atomic E-state index is 0.0733. The highest BCUT2D eigenvalue weighted by atomic mass is 35.5. The first-order valence-electron chi connectivity index (χ1n) is 6.58. The summed E-state index contributed by atoms with van der Waals surface area (Å²) in [6.45, 7) is 0.0846. The van der Waals surface area contributed by atoms with Crippen LogP contribution in [0.15, 0.2) is 53.4 Å². The molecule has 0 bridgehead atoms. The molecule has 2 aromatic carbocycles. The zero-order valence-corrected chi connectivity index (χ0v) is 13.9. The van der Waals surface area contributed by atoms with Crippen molar-refractivity contribution in [3.63, 3.8) is 0 Å². The van der Waals surface area contributed by atoms with E-state index < -0.39 is 16.1 Å². The minimum atomic E-state index is -3.77. The molecule has 2 N–H and O–H groups in total. The van der Waals surface area contributed by atoms with Crippen molar-refractivity contribution in [3.05, 3.63) is 64.1 Å². The van der Waals surface area contributed by atoms with Crippen molar-refractivity contribution < 1.29 is 13.5 Å². The molecule has 0 aliphatic rings. The first kappa shape index (κ1) is 17.2. The van der Waals surface area contributed by atoms with Crippen molar-refractivity contribution in [2.45, 2.75) is 17.4 Å². The van der Waals surface area contributed by atoms with Gasteiger partial charge in [0, 0.05) is 11.6 Å². The molecule has 0 aliphatic heterocycles. The van der Waals surface area contributed by atoms with Gasteiger partial charge < -0.3 is 5.11 Å². The molecule has 0 aliphatic carbocycles. The third kappa shape index (κ3) is 4.44. The number of aliphatic hydroxyl groups excluding tert-OH is 1. The van der Waals surface area contributed by atoms with Gasteiger partial charge in [0.25, 0.3) is 0 Å². The Morgan fingerprint density at radius 1 is 1.09 bits per heavy atom. The van der Waals surface area contributed by atoms with Crippen molar-refractivity contribution >= 4 is 33.2 Å². The molecule has 4 nitrogen and oxygen atoms in total. The molecule has 0 fully saturated rings. The van der Waals surface area contributed by atoms with Gasteiger partial charge in [0.2, 0.25) is 10.0 Å². The van der Waals surface area contributed by atoms with Crippen LogP contribution in [0.1, 0.15) is 18.1 Å². The van der Waals surface area contributed by atoms with E-state index in [0.29, 0.717) is 0 Å². The van der Waals surface area contributed by atoms with Crippen LogP contribution in [-0.2, 0) is 10.0 Å². The van der Waals surface area contributed by atoms with Gasteiger partial charge in [0.15, 0.2) is 0 Å². The second-order valence-corrected chi connectivity index (χ2v) is 7.27. The summed E-state index contributed by atoms with van der Waals surface area (Å²) in [5.41, 5.74) is 0.738. The van der Waals surface area contributed by atoms with Crippen LogP contribution < -0.4 is 4.72 Å². The number of halogens is 2. The maximum absolute atomic E-state index is 12.2. The molecule has 0 radical (unpaired) electrons. The Labute approximate surface area is 139 Å². The van der Waals surface area contributed by atoms with E-state index in [1.807, 2.05) is 18.2 Å². The van der Waals surface area contributed by atoms with Gasteiger partial charge in [-0.05, 0) is 30.2 Å². The zero-order valence-electron chi connectivity index (χ0n) is 11.5. The van der Waals surface area contributed by atoms with E-state index in [1.54, 1.807) is 12.1 Å². The van der Waals surface area contributed by atoms with Crippen LogP contribution in [0.25, 0.3) is 0 Å². The molecule has 1 atom stereocenters. The van der Waals surface area contributed by atoms with Crippen molar-refractivity contribution in [2.24, 2.45) is 0 Å². The van der Waals surface area contributed by atoms with Crippen molar-refractivity contribution in [2.75, 3.05) is 6.54 Å². The van der Waals surface area contributed by atoms with E-state index in [2.05, 4.69) is 4.72 Å². The first-order valence-corrected chi connectivity index (χ1v) is 8.82. The van der Waals surface area contributed by atoms with Gasteiger partial charge in [0.1, 0.15) is 4.90 Å². The Morgan fingerprint density at radius 2 is 1.77 bits per heavy atom. The van der Waals surface area contributed by atoms with E-state index in [4.69, 9.17) is 23.2 Å². The van der Waals surface area contributed by atoms with Crippen LogP contribution in [0.2, 0.25) is 10.0 Å². The average Bonchev–Trinajstić information content (AvgIpc) is 2.50. The van der Waals surface area contributed by atoms with Crippen molar-refractivity contribution in [1.82, 2.24) is 4.72 Å². The highest BCUT2D eigenvalue weighted by Crippen LogP contribution is 2.25. The zero-order chi connectivity index (χ0) is 16.2. The fraction of sp³-hybridized carbons (Fsp3) is 0.200. The summed E-state index contributed by atoms with van der Waals surface area (Å²) >= 11 is 11.7. The van der Waals surface area contributed by atoms with Crippen molar-refractivity contribution in [1.29, 1.82) is 0 Å². The quantitative estimate of drug-likeness (QED) is 0.830. The number of hydrogen-bond donors (Lipinski definition) is 2. The second kappa shape index (κ2) is 7.44. The Bertz CT molecular complexity index is 736. The minimum Gasteiger partial charge on any atom is -0.388 e. The van der Waals surface area contributed by atoms with E-state index >= 15 is 0 Å². The summed E-state index contributed by atoms with van der Waals surface area (Å²) in [7, 11) is -3.77. The summed E-state index contributed by atoms with van der Waals surface area (Å²) in [5.74, 6) is 0. The van der Waals surface area contributed by atoms with Crippen LogP contribution >= 0.6 is 23.2 Å². The summed E-state index contributed by atoms with van der Waals surface area (Å²) in [6, 6.07) is 13.3. The Morgan fingerprint density at radius 3 is 2.45 bits per heavy atom. The number of sulfonamides is 1. The van der Waals surface area contributed by atoms with E-state index in [-0.39, 0.29) is 27.9 Å². The summed E-state index contributed by atoms with van der Waals surface area (Å²) in [6.07, 6.45) is -0.486. The van der Waals surface area contributed by atoms with E-state index in [1.165, 1.54) is 18.2 Å². The van der Waals surface area contributed by atoms with E-state index in [0.717, 1.165) is 5.56 Å². The lowest BCUT2D eigenvalue weighted by molar-refractivity contribution is 0.169. The molecular weight excluding hydrogens is 345 g/mol. The van der Waals surface area contributed by atoms with E-state index in [9.17, 15) is 13.5 Å². The molecule has 118 valence electrons. The number of rotatable bonds is 6. The molecule has 22 heavy (non-hydrogen) atoms. The number of hydrogen-bond acceptors (Lipinski definition) is 3. The Balaban J connectivity index is 2.00. The standard InChI is InChI=1S/C15H15Cl2NO3S/c16-12-6-7-13(17)15(10-12)22(20,21)18-9-8-14(19)11-4-2-1-3-5-11/h1-7,10,14,18-19H,8-9H2. The summed E-state index contributed by atoms with van der Waals surface area (Å²) in [5, 5.41) is 10.4. The fourth-order valence-corrected chi connectivity index (χ4v) is 3.74. The van der Waals surface area contributed by atoms with Crippen LogP contribution in [0.4, 0.5) is 0 Å². The number of aliphatic hydroxyl groups is 1. The third-order valence-electron chi connectivity index (χ3n) is 3.08. The van der Waals surface area contributed by atoms with Crippen LogP contribution in [0.5, 0.6) is 0 Å². The number of benzene rings is 2. The predicted molar refractivity (Wildman–Crippen MR) is 87.7 cm³/mol. The maximum atomic E-state index is 12.2. The Kier molecular flexibility index (Phi) is 5.83. The highest BCUT2D eigenvalue weighted by molar-refractivity contribution is 7.89. The number of nitrogens with one attached hydrogen (secondary N) is 1. The molecule has 0 amide bonds. The summed E-state index contributed by atoms with van der Waals surface area (Å²) < 4.78 is 26.8. The molecular formula is C15H15Cl2NO3S. The highest BCUT2D eigenvalue weighted by Gasteiger charge is 2.18. The molecule has 0 saturated heterocycles. The normalized spacial score (nSPS) is 13.0. The van der Waals surface area contributed by atoms with Gasteiger partial charge in [-0.15, -0.1) is 0 Å². The van der Waals surface area contributed by atoms with Crippen LogP contribution in [0.3, 0.4) is 0 Å². The molecule has 1 unspecified atom stereocenters. The largest absolute Gasteiger partial charge is 0.388 e. The van der Waals surface area contributed by atoms with Crippen LogP contribution in [-0.4, -0.2) is 20.1 Å². The molecule has 0 saturated carbocycles. The average molecular weight is 360 g/mol. The Hall–Kier alpha value is -1.11. The van der Waals surface area contributed by atoms with Crippen LogP contribution in [0, 0.1) is 0 Å². The lowest BCUT2D eigenvalue weighted by atomic mass is 10.1. The molecule has 0 heterocycles. The first-order chi connectivity index (χ1) is 10.4. The molecule has 0 spiro atoms. The third-order valence-corrected chi connectivity index (χ3v) is 5.25. The monoisotopic (exact) mass is 359 g/mol. The van der Waals surface area contributed by atoms with Gasteiger partial charge in [-0.25, -0.2) is 13.1 Å². The predicted octanol–water partition coefficient (Wildman–Crippen LogP) is 3.40. The van der Waals surface area contributed by atoms with Gasteiger partial charge in [-0.3, -0.25) is 0 Å². The topological polar surface area (TPSA) is 66.4 Å². The van der Waals surface area contributed by atoms with Gasteiger partial charge in [-0.1, -0.05) is 53.5 Å². The smallest absolute Gasteiger partial charge is 0.242 e. The SMILES string of the molecule is O=S(=O)(NCCC(O)c1ccccc1)c1cc(Cl)ccc1Cl. The maximum Gasteiger partial charge on any atom is 0.242 e. The molecule has 7 heteroatoms. The molecule has 0 aromatic heterocycles. The van der Waals surface area contributed by atoms with Gasteiger partial charge >= 0.3 is 0 Å². The molecule has 2 aromatic rings. The van der Waals surface area contributed by atoms with Gasteiger partial charge in [0.05, 0.1) is 11.1 Å². The summed E-state index contributed by atoms with van der Waals surface area (Å²) in [4.78, 5) is -0.0733.